The van der Waals surface area contributed by atoms with Crippen LogP contribution in [0.4, 0.5) is 0 Å². The zero-order valence-electron chi connectivity index (χ0n) is 10.8. The number of nitriles is 1. The molecule has 2 rings (SSSR count). The summed E-state index contributed by atoms with van der Waals surface area (Å²) in [6.45, 7) is 0. The molecule has 4 nitrogen and oxygen atoms in total. The van der Waals surface area contributed by atoms with Gasteiger partial charge < -0.3 is 4.74 Å². The predicted octanol–water partition coefficient (Wildman–Crippen LogP) is 3.30. The third-order valence-electron chi connectivity index (χ3n) is 2.81. The molecule has 0 fully saturated rings. The number of benzene rings is 1. The summed E-state index contributed by atoms with van der Waals surface area (Å²) in [6, 6.07) is 12.8. The largest absolute Gasteiger partial charge is 0.464 e. The number of pyridine rings is 1. The van der Waals surface area contributed by atoms with E-state index in [1.165, 1.54) is 7.11 Å². The van der Waals surface area contributed by atoms with Gasteiger partial charge in [-0.25, -0.2) is 9.78 Å². The average molecular weight is 331 g/mol. The fourth-order valence-electron chi connectivity index (χ4n) is 1.75. The molecule has 0 saturated heterocycles. The summed E-state index contributed by atoms with van der Waals surface area (Å²) in [7, 11) is 1.33. The summed E-state index contributed by atoms with van der Waals surface area (Å²) in [5, 5.41) is 9.31. The van der Waals surface area contributed by atoms with Gasteiger partial charge in [0.25, 0.3) is 0 Å². The fourth-order valence-corrected chi connectivity index (χ4v) is 2.20. The summed E-state index contributed by atoms with van der Waals surface area (Å²) in [4.78, 5) is 16.1. The minimum atomic E-state index is -0.463. The second-order valence-electron chi connectivity index (χ2n) is 4.02. The SMILES string of the molecule is COC(=O)c1nc(-c2ccc(C#N)cc2)ccc1CBr. The van der Waals surface area contributed by atoms with Crippen molar-refractivity contribution in [2.45, 2.75) is 5.33 Å². The molecule has 0 bridgehead atoms. The van der Waals surface area contributed by atoms with Gasteiger partial charge in [0.1, 0.15) is 0 Å². The van der Waals surface area contributed by atoms with Gasteiger partial charge in [-0.05, 0) is 23.8 Å². The lowest BCUT2D eigenvalue weighted by molar-refractivity contribution is 0.0593. The quantitative estimate of drug-likeness (QED) is 0.639. The lowest BCUT2D eigenvalue weighted by atomic mass is 10.1. The Hall–Kier alpha value is -2.19. The molecule has 0 saturated carbocycles. The number of carbonyl (C=O) groups excluding carboxylic acids is 1. The number of methoxy groups -OCH3 is 1. The van der Waals surface area contributed by atoms with Crippen molar-refractivity contribution in [3.63, 3.8) is 0 Å². The van der Waals surface area contributed by atoms with E-state index in [0.717, 1.165) is 11.1 Å². The smallest absolute Gasteiger partial charge is 0.356 e. The molecule has 0 N–H and O–H groups in total. The molecule has 20 heavy (non-hydrogen) atoms. The number of esters is 1. The molecule has 0 aliphatic rings. The monoisotopic (exact) mass is 330 g/mol. The van der Waals surface area contributed by atoms with E-state index in [4.69, 9.17) is 10.00 Å². The number of carbonyl (C=O) groups is 1. The normalized spacial score (nSPS) is 9.85. The van der Waals surface area contributed by atoms with Crippen LogP contribution < -0.4 is 0 Å². The van der Waals surface area contributed by atoms with E-state index in [-0.39, 0.29) is 0 Å². The van der Waals surface area contributed by atoms with Crippen LogP contribution in [0.1, 0.15) is 21.6 Å². The first kappa shape index (κ1) is 14.2. The molecule has 1 heterocycles. The number of aromatic nitrogens is 1. The maximum Gasteiger partial charge on any atom is 0.356 e. The maximum atomic E-state index is 11.7. The number of alkyl halides is 1. The lowest BCUT2D eigenvalue weighted by Gasteiger charge is -2.07. The van der Waals surface area contributed by atoms with Gasteiger partial charge in [-0.2, -0.15) is 5.26 Å². The van der Waals surface area contributed by atoms with Crippen LogP contribution >= 0.6 is 15.9 Å². The van der Waals surface area contributed by atoms with E-state index >= 15 is 0 Å². The van der Waals surface area contributed by atoms with Crippen LogP contribution in [0.25, 0.3) is 11.3 Å². The Morgan fingerprint density at radius 1 is 1.30 bits per heavy atom. The van der Waals surface area contributed by atoms with Gasteiger partial charge in [-0.1, -0.05) is 34.1 Å². The Labute approximate surface area is 125 Å². The molecule has 0 unspecified atom stereocenters. The molecule has 0 spiro atoms. The molecule has 1 aromatic carbocycles. The van der Waals surface area contributed by atoms with Crippen molar-refractivity contribution >= 4 is 21.9 Å². The highest BCUT2D eigenvalue weighted by Gasteiger charge is 2.14. The molecule has 0 radical (unpaired) electrons. The van der Waals surface area contributed by atoms with Crippen molar-refractivity contribution in [2.75, 3.05) is 7.11 Å². The zero-order valence-corrected chi connectivity index (χ0v) is 12.3. The van der Waals surface area contributed by atoms with E-state index in [1.807, 2.05) is 12.1 Å². The van der Waals surface area contributed by atoms with Gasteiger partial charge in [0.2, 0.25) is 0 Å². The number of ether oxygens (including phenoxy) is 1. The number of rotatable bonds is 3. The van der Waals surface area contributed by atoms with Gasteiger partial charge in [0.15, 0.2) is 5.69 Å². The van der Waals surface area contributed by atoms with Crippen LogP contribution in [0, 0.1) is 11.3 Å². The minimum Gasteiger partial charge on any atom is -0.464 e. The second kappa shape index (κ2) is 6.31. The van der Waals surface area contributed by atoms with E-state index in [0.29, 0.717) is 22.3 Å². The van der Waals surface area contributed by atoms with Crippen LogP contribution in [0.3, 0.4) is 0 Å². The van der Waals surface area contributed by atoms with Crippen molar-refractivity contribution in [3.05, 3.63) is 53.2 Å². The Morgan fingerprint density at radius 2 is 2.00 bits per heavy atom. The maximum absolute atomic E-state index is 11.7. The third-order valence-corrected chi connectivity index (χ3v) is 3.42. The number of hydrogen-bond donors (Lipinski definition) is 0. The fraction of sp³-hybridized carbons (Fsp3) is 0.133. The molecule has 1 aromatic heterocycles. The predicted molar refractivity (Wildman–Crippen MR) is 78.4 cm³/mol. The first-order valence-corrected chi connectivity index (χ1v) is 6.96. The van der Waals surface area contributed by atoms with Crippen LogP contribution in [-0.4, -0.2) is 18.1 Å². The molecule has 2 aromatic rings. The summed E-state index contributed by atoms with van der Waals surface area (Å²) in [5.41, 5.74) is 3.16. The van der Waals surface area contributed by atoms with Crippen molar-refractivity contribution in [3.8, 4) is 17.3 Å². The Kier molecular flexibility index (Phi) is 4.49. The van der Waals surface area contributed by atoms with Crippen LogP contribution in [0.5, 0.6) is 0 Å². The van der Waals surface area contributed by atoms with Crippen molar-refractivity contribution in [2.24, 2.45) is 0 Å². The Bertz CT molecular complexity index is 675. The summed E-state index contributed by atoms with van der Waals surface area (Å²) in [5.74, 6) is -0.463. The molecule has 0 amide bonds. The second-order valence-corrected chi connectivity index (χ2v) is 4.58. The third kappa shape index (κ3) is 2.86. The standard InChI is InChI=1S/C15H11BrN2O2/c1-20-15(19)14-12(8-16)6-7-13(18-14)11-4-2-10(9-17)3-5-11/h2-7H,8H2,1H3. The van der Waals surface area contributed by atoms with Crippen LogP contribution in [-0.2, 0) is 10.1 Å². The van der Waals surface area contributed by atoms with Gasteiger partial charge in [-0.15, -0.1) is 0 Å². The van der Waals surface area contributed by atoms with E-state index < -0.39 is 5.97 Å². The van der Waals surface area contributed by atoms with E-state index in [2.05, 4.69) is 27.0 Å². The van der Waals surface area contributed by atoms with E-state index in [9.17, 15) is 4.79 Å². The number of hydrogen-bond acceptors (Lipinski definition) is 4. The molecule has 0 aliphatic heterocycles. The van der Waals surface area contributed by atoms with Crippen LogP contribution in [0.2, 0.25) is 0 Å². The lowest BCUT2D eigenvalue weighted by Crippen LogP contribution is -2.08. The van der Waals surface area contributed by atoms with Crippen molar-refractivity contribution in [1.29, 1.82) is 5.26 Å². The van der Waals surface area contributed by atoms with Crippen molar-refractivity contribution < 1.29 is 9.53 Å². The molecule has 0 atom stereocenters. The molecule has 100 valence electrons. The first-order chi connectivity index (χ1) is 9.69. The number of halogens is 1. The summed E-state index contributed by atoms with van der Waals surface area (Å²) >= 11 is 3.32. The molecule has 5 heteroatoms. The topological polar surface area (TPSA) is 63.0 Å². The Morgan fingerprint density at radius 3 is 2.55 bits per heavy atom. The zero-order chi connectivity index (χ0) is 14.5. The average Bonchev–Trinajstić information content (AvgIpc) is 2.53. The molecular formula is C15H11BrN2O2. The Balaban J connectivity index is 2.47. The first-order valence-electron chi connectivity index (χ1n) is 5.84. The van der Waals surface area contributed by atoms with Crippen LogP contribution in [0.15, 0.2) is 36.4 Å². The minimum absolute atomic E-state index is 0.297. The molecular weight excluding hydrogens is 320 g/mol. The van der Waals surface area contributed by atoms with Gasteiger partial charge >= 0.3 is 5.97 Å². The molecule has 0 aliphatic carbocycles. The number of nitrogens with zero attached hydrogens (tertiary/aromatic N) is 2. The van der Waals surface area contributed by atoms with Crippen molar-refractivity contribution in [1.82, 2.24) is 4.98 Å². The highest BCUT2D eigenvalue weighted by Crippen LogP contribution is 2.21. The van der Waals surface area contributed by atoms with Gasteiger partial charge in [0, 0.05) is 10.9 Å². The van der Waals surface area contributed by atoms with Gasteiger partial charge in [-0.3, -0.25) is 0 Å². The highest BCUT2D eigenvalue weighted by molar-refractivity contribution is 9.08. The summed E-state index contributed by atoms with van der Waals surface area (Å²) < 4.78 is 4.74. The highest BCUT2D eigenvalue weighted by atomic mass is 79.9. The van der Waals surface area contributed by atoms with Gasteiger partial charge in [0.05, 0.1) is 24.4 Å². The van der Waals surface area contributed by atoms with E-state index in [1.54, 1.807) is 24.3 Å². The summed E-state index contributed by atoms with van der Waals surface area (Å²) in [6.07, 6.45) is 0.